The van der Waals surface area contributed by atoms with E-state index < -0.39 is 17.6 Å². The molecule has 59 heavy (non-hydrogen) atoms. The van der Waals surface area contributed by atoms with Gasteiger partial charge in [0.1, 0.15) is 11.8 Å². The molecule has 1 aromatic heterocycles. The topological polar surface area (TPSA) is 122 Å². The molecule has 14 heteroatoms. The molecule has 0 radical (unpaired) electrons. The fraction of sp³-hybridized carbons (Fsp3) is 0.444. The van der Waals surface area contributed by atoms with E-state index in [-0.39, 0.29) is 61.4 Å². The highest BCUT2D eigenvalue weighted by atomic mass is 19.4. The van der Waals surface area contributed by atoms with Crippen LogP contribution in [-0.4, -0.2) is 107 Å². The maximum atomic E-state index is 14.8. The Morgan fingerprint density at radius 1 is 0.797 bits per heavy atom. The van der Waals surface area contributed by atoms with Crippen LogP contribution in [0.2, 0.25) is 0 Å². The van der Waals surface area contributed by atoms with E-state index in [9.17, 15) is 32.7 Å². The zero-order valence-corrected chi connectivity index (χ0v) is 33.0. The van der Waals surface area contributed by atoms with Crippen molar-refractivity contribution >= 4 is 29.1 Å². The van der Waals surface area contributed by atoms with Gasteiger partial charge in [0.15, 0.2) is 0 Å². The molecule has 4 aliphatic heterocycles. The highest BCUT2D eigenvalue weighted by molar-refractivity contribution is 6.01. The van der Waals surface area contributed by atoms with Gasteiger partial charge >= 0.3 is 6.18 Å². The van der Waals surface area contributed by atoms with E-state index in [4.69, 9.17) is 0 Å². The molecule has 310 valence electrons. The molecule has 0 aliphatic carbocycles. The number of piperidine rings is 3. The smallest absolute Gasteiger partial charge is 0.404 e. The van der Waals surface area contributed by atoms with Crippen LogP contribution in [0.3, 0.4) is 0 Å². The van der Waals surface area contributed by atoms with Crippen LogP contribution >= 0.6 is 0 Å². The number of hydrogen-bond acceptors (Lipinski definition) is 9. The predicted molar refractivity (Wildman–Crippen MR) is 218 cm³/mol. The number of nitrogens with one attached hydrogen (secondary N) is 1. The summed E-state index contributed by atoms with van der Waals surface area (Å²) in [5.74, 6) is -0.808. The number of anilines is 2. The molecule has 3 amide bonds. The van der Waals surface area contributed by atoms with E-state index in [1.807, 2.05) is 66.7 Å². The van der Waals surface area contributed by atoms with E-state index in [0.29, 0.717) is 69.7 Å². The lowest BCUT2D eigenvalue weighted by atomic mass is 9.71. The molecular weight excluding hydrogens is 760 g/mol. The molecule has 11 nitrogen and oxygen atoms in total. The number of nitrogens with zero attached hydrogens (tertiary/aromatic N) is 6. The number of para-hydroxylation sites is 1. The van der Waals surface area contributed by atoms with Crippen molar-refractivity contribution in [1.82, 2.24) is 25.3 Å². The van der Waals surface area contributed by atoms with Crippen molar-refractivity contribution < 1.29 is 32.7 Å². The first-order valence-corrected chi connectivity index (χ1v) is 20.7. The van der Waals surface area contributed by atoms with Crippen LogP contribution in [0.15, 0.2) is 91.1 Å². The summed E-state index contributed by atoms with van der Waals surface area (Å²) in [5, 5.41) is 21.3. The van der Waals surface area contributed by atoms with Gasteiger partial charge in [-0.25, -0.2) is 0 Å². The largest absolute Gasteiger partial charge is 0.507 e. The Morgan fingerprint density at radius 3 is 2.19 bits per heavy atom. The van der Waals surface area contributed by atoms with Gasteiger partial charge in [-0.05, 0) is 85.9 Å². The highest BCUT2D eigenvalue weighted by Gasteiger charge is 2.49. The number of amides is 3. The molecule has 0 spiro atoms. The Labute approximate surface area is 342 Å². The number of aromatic hydroxyl groups is 1. The summed E-state index contributed by atoms with van der Waals surface area (Å²) in [5.41, 5.74) is 3.77. The number of phenols is 1. The van der Waals surface area contributed by atoms with Crippen LogP contribution in [0.5, 0.6) is 5.75 Å². The minimum atomic E-state index is -4.43. The summed E-state index contributed by atoms with van der Waals surface area (Å²) >= 11 is 0. The summed E-state index contributed by atoms with van der Waals surface area (Å²) in [6.45, 7) is 3.19. The maximum absolute atomic E-state index is 14.8. The van der Waals surface area contributed by atoms with Crippen molar-refractivity contribution in [3.8, 4) is 17.0 Å². The Balaban J connectivity index is 0.921. The molecule has 4 aromatic rings. The van der Waals surface area contributed by atoms with Crippen molar-refractivity contribution in [2.75, 3.05) is 62.2 Å². The Bertz CT molecular complexity index is 2120. The van der Waals surface area contributed by atoms with Crippen LogP contribution in [0.4, 0.5) is 24.5 Å². The first-order chi connectivity index (χ1) is 28.5. The normalized spacial score (nSPS) is 22.2. The van der Waals surface area contributed by atoms with Gasteiger partial charge in [0, 0.05) is 70.0 Å². The monoisotopic (exact) mass is 809 g/mol. The van der Waals surface area contributed by atoms with Crippen LogP contribution in [-0.2, 0) is 19.8 Å². The van der Waals surface area contributed by atoms with E-state index >= 15 is 0 Å². The summed E-state index contributed by atoms with van der Waals surface area (Å²) < 4.78 is 44.3. The standard InChI is InChI=1S/C45H50F3N7O4/c46-45(47,48)40-18-23-54(26-27-55(40)30-31-16-21-52(22-17-31)34-12-10-32(11-13-34)36-14-15-41(57)50-42(36)58)43(59)44(33-6-2-1-3-7-33)19-24-53(25-20-44)35-28-38(51-49-29-35)37-8-4-5-9-39(37)56/h1-13,28-29,31,36,40,56H,14-27,30H2,(H,50,57,58)/t36-,40?/m1/s1. The number of rotatable bonds is 8. The third kappa shape index (κ3) is 8.64. The number of aromatic nitrogens is 2. The Kier molecular flexibility index (Phi) is 11.6. The van der Waals surface area contributed by atoms with Gasteiger partial charge in [0.05, 0.1) is 28.9 Å². The lowest BCUT2D eigenvalue weighted by Crippen LogP contribution is -2.53. The second-order valence-corrected chi connectivity index (χ2v) is 16.4. The molecule has 8 rings (SSSR count). The molecule has 4 aliphatic rings. The number of hydrogen-bond donors (Lipinski definition) is 2. The quantitative estimate of drug-likeness (QED) is 0.198. The molecular formula is C45H50F3N7O4. The van der Waals surface area contributed by atoms with E-state index in [1.54, 1.807) is 34.2 Å². The van der Waals surface area contributed by atoms with Gasteiger partial charge in [-0.1, -0.05) is 54.6 Å². The average Bonchev–Trinajstić information content (AvgIpc) is 3.47. The van der Waals surface area contributed by atoms with E-state index in [1.165, 1.54) is 0 Å². The first kappa shape index (κ1) is 40.3. The van der Waals surface area contributed by atoms with Crippen molar-refractivity contribution in [1.29, 1.82) is 0 Å². The average molecular weight is 810 g/mol. The lowest BCUT2D eigenvalue weighted by Gasteiger charge is -2.44. The number of carbonyl (C=O) groups is 3. The SMILES string of the molecule is O=C1CC[C@H](c2ccc(N3CCC(CN4CCN(C(=O)C5(c6ccccc6)CCN(c6cnnc(-c7ccccc7O)c6)CC5)CCC4C(F)(F)F)CC3)cc2)C(=O)N1. The zero-order valence-electron chi connectivity index (χ0n) is 33.0. The van der Waals surface area contributed by atoms with Gasteiger partial charge in [-0.15, -0.1) is 0 Å². The number of alkyl halides is 3. The summed E-state index contributed by atoms with van der Waals surface area (Å²) in [7, 11) is 0. The summed E-state index contributed by atoms with van der Waals surface area (Å²) in [6.07, 6.45) is 0.309. The third-order valence-electron chi connectivity index (χ3n) is 13.0. The lowest BCUT2D eigenvalue weighted by molar-refractivity contribution is -0.185. The van der Waals surface area contributed by atoms with Crippen molar-refractivity contribution in [2.45, 2.75) is 68.5 Å². The van der Waals surface area contributed by atoms with Gasteiger partial charge in [0.2, 0.25) is 17.7 Å². The molecule has 0 saturated carbocycles. The summed E-state index contributed by atoms with van der Waals surface area (Å²) in [6, 6.07) is 24.7. The van der Waals surface area contributed by atoms with Gasteiger partial charge < -0.3 is 19.8 Å². The van der Waals surface area contributed by atoms with Gasteiger partial charge in [-0.3, -0.25) is 24.6 Å². The molecule has 1 unspecified atom stereocenters. The molecule has 4 fully saturated rings. The zero-order chi connectivity index (χ0) is 41.1. The van der Waals surface area contributed by atoms with Crippen molar-refractivity contribution in [3.63, 3.8) is 0 Å². The van der Waals surface area contributed by atoms with Crippen LogP contribution in [0.25, 0.3) is 11.3 Å². The predicted octanol–water partition coefficient (Wildman–Crippen LogP) is 6.29. The second-order valence-electron chi connectivity index (χ2n) is 16.4. The summed E-state index contributed by atoms with van der Waals surface area (Å²) in [4.78, 5) is 46.4. The fourth-order valence-electron chi connectivity index (χ4n) is 9.59. The minimum Gasteiger partial charge on any atom is -0.507 e. The number of phenolic OH excluding ortho intramolecular Hbond substituents is 1. The van der Waals surface area contributed by atoms with E-state index in [0.717, 1.165) is 35.3 Å². The minimum absolute atomic E-state index is 0.0310. The third-order valence-corrected chi connectivity index (χ3v) is 13.0. The molecule has 0 bridgehead atoms. The number of carbonyl (C=O) groups excluding carboxylic acids is 3. The number of halogens is 3. The maximum Gasteiger partial charge on any atom is 0.404 e. The van der Waals surface area contributed by atoms with Crippen LogP contribution in [0, 0.1) is 5.92 Å². The van der Waals surface area contributed by atoms with Gasteiger partial charge in [-0.2, -0.15) is 23.4 Å². The Hall–Kier alpha value is -5.50. The Morgan fingerprint density at radius 2 is 1.49 bits per heavy atom. The number of benzene rings is 3. The molecule has 2 atom stereocenters. The molecule has 3 aromatic carbocycles. The second kappa shape index (κ2) is 17.0. The molecule has 4 saturated heterocycles. The molecule has 5 heterocycles. The number of imide groups is 1. The first-order valence-electron chi connectivity index (χ1n) is 20.7. The van der Waals surface area contributed by atoms with Crippen LogP contribution in [0.1, 0.15) is 62.0 Å². The van der Waals surface area contributed by atoms with Crippen LogP contribution < -0.4 is 15.1 Å². The fourth-order valence-corrected chi connectivity index (χ4v) is 9.59. The van der Waals surface area contributed by atoms with E-state index in [2.05, 4.69) is 25.3 Å². The van der Waals surface area contributed by atoms with Crippen molar-refractivity contribution in [2.24, 2.45) is 5.92 Å². The highest BCUT2D eigenvalue weighted by Crippen LogP contribution is 2.41. The molecule has 2 N–H and O–H groups in total. The van der Waals surface area contributed by atoms with Gasteiger partial charge in [0.25, 0.3) is 0 Å². The van der Waals surface area contributed by atoms with Crippen molar-refractivity contribution in [3.05, 3.63) is 102 Å².